The molecule has 0 N–H and O–H groups in total. The standard InChI is InChI=1S/C50H70N4O8S4/c1-15-51(63(55,56)47-39(7)27-35(3)28-40(47)8)23-19-25-53(65(59,60)49-43(11)31-37(5)32-44(49)12)21-17-18-22-54(66(61,62)50-45(13)33-38(6)34-46(50)14)26-20-24-52(16-2)64(57,58)48-41(9)29-36(4)30-42(48)10/h27-34H,15-16,19-26H2,1-14H3. The van der Waals surface area contributed by atoms with E-state index in [1.807, 2.05) is 52.0 Å². The van der Waals surface area contributed by atoms with Crippen LogP contribution in [0, 0.1) is 94.9 Å². The lowest BCUT2D eigenvalue weighted by Crippen LogP contribution is -2.38. The molecule has 0 aliphatic rings. The highest BCUT2D eigenvalue weighted by atomic mass is 32.2. The zero-order chi connectivity index (χ0) is 49.7. The van der Waals surface area contributed by atoms with E-state index >= 15 is 0 Å². The van der Waals surface area contributed by atoms with Crippen molar-refractivity contribution in [3.8, 4) is 11.8 Å². The summed E-state index contributed by atoms with van der Waals surface area (Å²) in [5, 5.41) is 0. The molecule has 4 aromatic rings. The van der Waals surface area contributed by atoms with Crippen LogP contribution in [0.3, 0.4) is 0 Å². The number of benzene rings is 4. The van der Waals surface area contributed by atoms with Gasteiger partial charge in [0.25, 0.3) is 0 Å². The van der Waals surface area contributed by atoms with Crippen LogP contribution in [0.15, 0.2) is 68.1 Å². The van der Waals surface area contributed by atoms with Gasteiger partial charge in [-0.25, -0.2) is 33.7 Å². The number of nitrogens with zero attached hydrogens (tertiary/aromatic N) is 4. The lowest BCUT2D eigenvalue weighted by atomic mass is 10.1. The first-order chi connectivity index (χ1) is 30.6. The molecular weight excluding hydrogens is 913 g/mol. The maximum absolute atomic E-state index is 14.6. The van der Waals surface area contributed by atoms with Crippen LogP contribution in [0.5, 0.6) is 0 Å². The first-order valence-corrected chi connectivity index (χ1v) is 28.2. The number of sulfonamides is 4. The summed E-state index contributed by atoms with van der Waals surface area (Å²) >= 11 is 0. The number of hydrogen-bond acceptors (Lipinski definition) is 8. The van der Waals surface area contributed by atoms with E-state index in [9.17, 15) is 33.7 Å². The Balaban J connectivity index is 1.69. The van der Waals surface area contributed by atoms with Gasteiger partial charge < -0.3 is 0 Å². The SMILES string of the molecule is CCN(CCCN(CC#CCN(CCCN(CC)S(=O)(=O)c1c(C)cc(C)cc1C)S(=O)(=O)c1c(C)cc(C)cc1C)S(=O)(=O)c1c(C)cc(C)cc1C)S(=O)(=O)c1c(C)cc(C)cc1C. The van der Waals surface area contributed by atoms with E-state index in [-0.39, 0.29) is 84.8 Å². The third-order valence-corrected chi connectivity index (χ3v) is 20.6. The van der Waals surface area contributed by atoms with Crippen molar-refractivity contribution in [2.24, 2.45) is 0 Å². The first-order valence-electron chi connectivity index (χ1n) is 22.4. The fraction of sp³-hybridized carbons (Fsp3) is 0.480. The molecule has 0 aromatic heterocycles. The van der Waals surface area contributed by atoms with E-state index in [1.54, 1.807) is 93.5 Å². The minimum absolute atomic E-state index is 0.0473. The van der Waals surface area contributed by atoms with Gasteiger partial charge in [-0.3, -0.25) is 0 Å². The summed E-state index contributed by atoms with van der Waals surface area (Å²) in [6.45, 7) is 24.9. The maximum Gasteiger partial charge on any atom is 0.244 e. The highest BCUT2D eigenvalue weighted by Gasteiger charge is 2.32. The van der Waals surface area contributed by atoms with Crippen LogP contribution in [-0.4, -0.2) is 103 Å². The van der Waals surface area contributed by atoms with E-state index in [0.717, 1.165) is 22.3 Å². The van der Waals surface area contributed by atoms with Crippen LogP contribution in [0.4, 0.5) is 0 Å². The van der Waals surface area contributed by atoms with Crippen LogP contribution in [0.2, 0.25) is 0 Å². The molecule has 66 heavy (non-hydrogen) atoms. The van der Waals surface area contributed by atoms with Crippen LogP contribution in [-0.2, 0) is 40.1 Å². The molecule has 4 rings (SSSR count). The van der Waals surface area contributed by atoms with Gasteiger partial charge in [0.1, 0.15) is 0 Å². The Morgan fingerprint density at radius 1 is 0.333 bits per heavy atom. The number of aryl methyl sites for hydroxylation is 12. The molecule has 362 valence electrons. The Morgan fingerprint density at radius 3 is 0.712 bits per heavy atom. The molecule has 0 unspecified atom stereocenters. The smallest absolute Gasteiger partial charge is 0.207 e. The Morgan fingerprint density at radius 2 is 0.515 bits per heavy atom. The fourth-order valence-corrected chi connectivity index (χ4v) is 16.8. The van der Waals surface area contributed by atoms with Crippen molar-refractivity contribution in [1.82, 2.24) is 17.2 Å². The molecule has 0 atom stereocenters. The summed E-state index contributed by atoms with van der Waals surface area (Å²) in [7, 11) is -16.2. The lowest BCUT2D eigenvalue weighted by molar-refractivity contribution is 0.378. The second-order valence-electron chi connectivity index (χ2n) is 17.6. The molecule has 12 nitrogen and oxygen atoms in total. The van der Waals surface area contributed by atoms with Crippen molar-refractivity contribution >= 4 is 40.1 Å². The Kier molecular flexibility index (Phi) is 18.2. The molecule has 0 aliphatic heterocycles. The van der Waals surface area contributed by atoms with Crippen LogP contribution in [0.25, 0.3) is 0 Å². The third kappa shape index (κ3) is 12.2. The van der Waals surface area contributed by atoms with Crippen molar-refractivity contribution in [1.29, 1.82) is 0 Å². The summed E-state index contributed by atoms with van der Waals surface area (Å²) in [5.41, 5.74) is 8.51. The van der Waals surface area contributed by atoms with Crippen molar-refractivity contribution in [3.05, 3.63) is 115 Å². The van der Waals surface area contributed by atoms with Crippen LogP contribution in [0.1, 0.15) is 93.5 Å². The molecule has 0 spiro atoms. The third-order valence-electron chi connectivity index (χ3n) is 11.8. The summed E-state index contributed by atoms with van der Waals surface area (Å²) in [4.78, 5) is 0.767. The summed E-state index contributed by atoms with van der Waals surface area (Å²) in [6, 6.07) is 14.5. The van der Waals surface area contributed by atoms with Gasteiger partial charge in [-0.1, -0.05) is 96.5 Å². The average Bonchev–Trinajstić information content (AvgIpc) is 3.15. The molecule has 0 saturated carbocycles. The minimum atomic E-state index is -4.18. The topological polar surface area (TPSA) is 150 Å². The van der Waals surface area contributed by atoms with Crippen LogP contribution >= 0.6 is 0 Å². The monoisotopic (exact) mass is 982 g/mol. The second kappa shape index (κ2) is 22.0. The highest BCUT2D eigenvalue weighted by Crippen LogP contribution is 2.30. The van der Waals surface area contributed by atoms with Gasteiger partial charge in [0.2, 0.25) is 40.1 Å². The lowest BCUT2D eigenvalue weighted by Gasteiger charge is -2.26. The molecule has 4 aromatic carbocycles. The normalized spacial score (nSPS) is 12.7. The molecule has 0 saturated heterocycles. The number of rotatable bonds is 20. The van der Waals surface area contributed by atoms with Gasteiger partial charge in [0.15, 0.2) is 0 Å². The zero-order valence-electron chi connectivity index (χ0n) is 41.4. The van der Waals surface area contributed by atoms with Crippen molar-refractivity contribution in [2.45, 2.75) is 129 Å². The van der Waals surface area contributed by atoms with E-state index < -0.39 is 40.1 Å². The molecule has 16 heteroatoms. The first kappa shape index (κ1) is 54.7. The van der Waals surface area contributed by atoms with Crippen molar-refractivity contribution in [2.75, 3.05) is 52.4 Å². The Bertz CT molecular complexity index is 2680. The van der Waals surface area contributed by atoms with Gasteiger partial charge in [-0.05, 0) is 140 Å². The molecular formula is C50H70N4O8S4. The Hall–Kier alpha value is -3.92. The Labute approximate surface area is 397 Å². The second-order valence-corrected chi connectivity index (χ2v) is 25.1. The van der Waals surface area contributed by atoms with Gasteiger partial charge in [0.05, 0.1) is 32.7 Å². The van der Waals surface area contributed by atoms with Gasteiger partial charge in [-0.2, -0.15) is 17.2 Å². The fourth-order valence-electron chi connectivity index (χ4n) is 9.41. The predicted octanol–water partition coefficient (Wildman–Crippen LogP) is 8.27. The van der Waals surface area contributed by atoms with Crippen molar-refractivity contribution < 1.29 is 33.7 Å². The van der Waals surface area contributed by atoms with E-state index in [2.05, 4.69) is 11.8 Å². The molecule has 0 amide bonds. The summed E-state index contributed by atoms with van der Waals surface area (Å²) in [5.74, 6) is 5.92. The quantitative estimate of drug-likeness (QED) is 0.0804. The summed E-state index contributed by atoms with van der Waals surface area (Å²) in [6.07, 6.45) is 0.319. The zero-order valence-corrected chi connectivity index (χ0v) is 44.6. The van der Waals surface area contributed by atoms with E-state index in [1.165, 1.54) is 17.2 Å². The van der Waals surface area contributed by atoms with Crippen LogP contribution < -0.4 is 0 Å². The highest BCUT2D eigenvalue weighted by molar-refractivity contribution is 7.90. The minimum Gasteiger partial charge on any atom is -0.207 e. The molecule has 0 heterocycles. The van der Waals surface area contributed by atoms with E-state index in [4.69, 9.17) is 0 Å². The molecule has 0 aliphatic carbocycles. The van der Waals surface area contributed by atoms with Gasteiger partial charge >= 0.3 is 0 Å². The largest absolute Gasteiger partial charge is 0.244 e. The summed E-state index contributed by atoms with van der Waals surface area (Å²) < 4.78 is 120. The number of hydrogen-bond donors (Lipinski definition) is 0. The van der Waals surface area contributed by atoms with Gasteiger partial charge in [-0.15, -0.1) is 0 Å². The van der Waals surface area contributed by atoms with Crippen molar-refractivity contribution in [3.63, 3.8) is 0 Å². The molecule has 0 radical (unpaired) electrons. The van der Waals surface area contributed by atoms with E-state index in [0.29, 0.717) is 44.5 Å². The predicted molar refractivity (Wildman–Crippen MR) is 266 cm³/mol. The average molecular weight is 983 g/mol. The molecule has 0 bridgehead atoms. The maximum atomic E-state index is 14.6. The van der Waals surface area contributed by atoms with Gasteiger partial charge in [0, 0.05) is 39.3 Å². The molecule has 0 fully saturated rings.